The Morgan fingerprint density at radius 2 is 2.28 bits per heavy atom. The molecular formula is C13H15BrN2OS. The first-order chi connectivity index (χ1) is 8.56. The van der Waals surface area contributed by atoms with Crippen molar-refractivity contribution in [2.24, 2.45) is 5.73 Å². The van der Waals surface area contributed by atoms with E-state index >= 15 is 0 Å². The van der Waals surface area contributed by atoms with Crippen LogP contribution in [0.4, 0.5) is 0 Å². The Balaban J connectivity index is 2.15. The number of hydrogen-bond donors (Lipinski definition) is 1. The minimum Gasteiger partial charge on any atom is -0.487 e. The molecule has 0 aliphatic heterocycles. The third-order valence-electron chi connectivity index (χ3n) is 2.51. The van der Waals surface area contributed by atoms with Gasteiger partial charge in [0.2, 0.25) is 0 Å². The number of halogens is 1. The molecule has 1 atom stereocenters. The second-order valence-corrected chi connectivity index (χ2v) is 6.10. The van der Waals surface area contributed by atoms with Crippen molar-refractivity contribution in [3.8, 4) is 5.75 Å². The van der Waals surface area contributed by atoms with Crippen molar-refractivity contribution in [3.05, 3.63) is 44.3 Å². The Morgan fingerprint density at radius 1 is 1.50 bits per heavy atom. The molecule has 0 spiro atoms. The van der Waals surface area contributed by atoms with Gasteiger partial charge in [-0.05, 0) is 26.0 Å². The number of nitrogens with zero attached hydrogens (tertiary/aromatic N) is 1. The number of thiazole rings is 1. The average Bonchev–Trinajstić information content (AvgIpc) is 2.72. The van der Waals surface area contributed by atoms with Gasteiger partial charge in [-0.1, -0.05) is 22.0 Å². The number of benzene rings is 1. The Kier molecular flexibility index (Phi) is 4.37. The topological polar surface area (TPSA) is 48.1 Å². The van der Waals surface area contributed by atoms with Crippen LogP contribution in [0.1, 0.15) is 29.2 Å². The maximum Gasteiger partial charge on any atom is 0.131 e. The molecule has 5 heteroatoms. The molecule has 3 nitrogen and oxygen atoms in total. The van der Waals surface area contributed by atoms with E-state index in [0.717, 1.165) is 26.5 Å². The summed E-state index contributed by atoms with van der Waals surface area (Å²) >= 11 is 5.07. The van der Waals surface area contributed by atoms with Gasteiger partial charge in [-0.2, -0.15) is 0 Å². The smallest absolute Gasteiger partial charge is 0.131 e. The zero-order valence-corrected chi connectivity index (χ0v) is 12.7. The summed E-state index contributed by atoms with van der Waals surface area (Å²) in [7, 11) is 0. The van der Waals surface area contributed by atoms with Gasteiger partial charge in [0.1, 0.15) is 12.4 Å². The Bertz CT molecular complexity index is 540. The third-order valence-corrected chi connectivity index (χ3v) is 3.82. The molecular weight excluding hydrogens is 312 g/mol. The lowest BCUT2D eigenvalue weighted by atomic mass is 10.1. The lowest BCUT2D eigenvalue weighted by molar-refractivity contribution is 0.297. The fourth-order valence-electron chi connectivity index (χ4n) is 1.64. The monoisotopic (exact) mass is 326 g/mol. The van der Waals surface area contributed by atoms with Gasteiger partial charge in [0, 0.05) is 21.5 Å². The van der Waals surface area contributed by atoms with Gasteiger partial charge < -0.3 is 10.5 Å². The first-order valence-electron chi connectivity index (χ1n) is 5.65. The quantitative estimate of drug-likeness (QED) is 0.929. The van der Waals surface area contributed by atoms with Crippen molar-refractivity contribution in [1.29, 1.82) is 0 Å². The first kappa shape index (κ1) is 13.5. The first-order valence-corrected chi connectivity index (χ1v) is 7.32. The molecule has 1 heterocycles. The minimum absolute atomic E-state index is 0.0507. The second-order valence-electron chi connectivity index (χ2n) is 4.12. The van der Waals surface area contributed by atoms with Crippen LogP contribution in [0, 0.1) is 6.92 Å². The third kappa shape index (κ3) is 3.31. The van der Waals surface area contributed by atoms with Crippen LogP contribution in [-0.4, -0.2) is 4.98 Å². The van der Waals surface area contributed by atoms with Crippen molar-refractivity contribution < 1.29 is 4.74 Å². The number of nitrogens with two attached hydrogens (primary N) is 1. The molecule has 2 N–H and O–H groups in total. The maximum absolute atomic E-state index is 5.93. The largest absolute Gasteiger partial charge is 0.487 e. The molecule has 18 heavy (non-hydrogen) atoms. The Morgan fingerprint density at radius 3 is 2.89 bits per heavy atom. The summed E-state index contributed by atoms with van der Waals surface area (Å²) < 4.78 is 6.80. The van der Waals surface area contributed by atoms with Gasteiger partial charge >= 0.3 is 0 Å². The zero-order chi connectivity index (χ0) is 13.1. The number of aromatic nitrogens is 1. The molecule has 0 radical (unpaired) electrons. The fraction of sp³-hybridized carbons (Fsp3) is 0.308. The van der Waals surface area contributed by atoms with Crippen molar-refractivity contribution in [2.75, 3.05) is 0 Å². The number of rotatable bonds is 4. The summed E-state index contributed by atoms with van der Waals surface area (Å²) in [5, 5.41) is 3.06. The summed E-state index contributed by atoms with van der Waals surface area (Å²) in [5.74, 6) is 0.810. The molecule has 0 aliphatic rings. The van der Waals surface area contributed by atoms with Gasteiger partial charge in [-0.15, -0.1) is 11.3 Å². The van der Waals surface area contributed by atoms with Crippen LogP contribution in [0.25, 0.3) is 0 Å². The van der Waals surface area contributed by atoms with E-state index in [4.69, 9.17) is 10.5 Å². The van der Waals surface area contributed by atoms with E-state index < -0.39 is 0 Å². The normalized spacial score (nSPS) is 12.4. The minimum atomic E-state index is -0.0507. The van der Waals surface area contributed by atoms with Crippen molar-refractivity contribution in [2.45, 2.75) is 26.5 Å². The van der Waals surface area contributed by atoms with E-state index in [-0.39, 0.29) is 6.04 Å². The molecule has 0 aliphatic carbocycles. The Labute approximate surface area is 119 Å². The maximum atomic E-state index is 5.93. The van der Waals surface area contributed by atoms with E-state index in [9.17, 15) is 0 Å². The lowest BCUT2D eigenvalue weighted by Gasteiger charge is -2.13. The van der Waals surface area contributed by atoms with Crippen LogP contribution in [-0.2, 0) is 6.61 Å². The highest BCUT2D eigenvalue weighted by molar-refractivity contribution is 9.10. The number of ether oxygens (including phenoxy) is 1. The molecule has 2 aromatic rings. The number of hydrogen-bond acceptors (Lipinski definition) is 4. The van der Waals surface area contributed by atoms with Crippen LogP contribution in [0.3, 0.4) is 0 Å². The highest BCUT2D eigenvalue weighted by Crippen LogP contribution is 2.28. The van der Waals surface area contributed by atoms with Gasteiger partial charge in [0.15, 0.2) is 0 Å². The van der Waals surface area contributed by atoms with Crippen LogP contribution in [0.5, 0.6) is 5.75 Å². The predicted molar refractivity (Wildman–Crippen MR) is 77.9 cm³/mol. The van der Waals surface area contributed by atoms with Gasteiger partial charge in [-0.3, -0.25) is 0 Å². The van der Waals surface area contributed by atoms with E-state index in [1.807, 2.05) is 37.4 Å². The summed E-state index contributed by atoms with van der Waals surface area (Å²) in [6.07, 6.45) is 0. The molecule has 2 rings (SSSR count). The average molecular weight is 327 g/mol. The molecule has 0 saturated carbocycles. The summed E-state index contributed by atoms with van der Waals surface area (Å²) in [4.78, 5) is 4.37. The van der Waals surface area contributed by atoms with Gasteiger partial charge in [-0.25, -0.2) is 4.98 Å². The van der Waals surface area contributed by atoms with Crippen LogP contribution >= 0.6 is 27.3 Å². The van der Waals surface area contributed by atoms with Crippen LogP contribution in [0.15, 0.2) is 28.1 Å². The highest BCUT2D eigenvalue weighted by Gasteiger charge is 2.09. The van der Waals surface area contributed by atoms with Crippen LogP contribution in [0.2, 0.25) is 0 Å². The molecule has 0 amide bonds. The zero-order valence-electron chi connectivity index (χ0n) is 10.3. The summed E-state index contributed by atoms with van der Waals surface area (Å²) in [5.41, 5.74) is 7.89. The van der Waals surface area contributed by atoms with Crippen molar-refractivity contribution in [1.82, 2.24) is 4.98 Å². The molecule has 0 bridgehead atoms. The van der Waals surface area contributed by atoms with E-state index in [0.29, 0.717) is 6.61 Å². The fourth-order valence-corrected chi connectivity index (χ4v) is 2.57. The molecule has 1 aromatic carbocycles. The van der Waals surface area contributed by atoms with Gasteiger partial charge in [0.25, 0.3) is 0 Å². The molecule has 0 fully saturated rings. The van der Waals surface area contributed by atoms with E-state index in [2.05, 4.69) is 20.9 Å². The van der Waals surface area contributed by atoms with E-state index in [1.165, 1.54) is 0 Å². The highest BCUT2D eigenvalue weighted by atomic mass is 79.9. The summed E-state index contributed by atoms with van der Waals surface area (Å²) in [6.45, 7) is 4.41. The second kappa shape index (κ2) is 5.82. The van der Waals surface area contributed by atoms with Crippen molar-refractivity contribution in [3.63, 3.8) is 0 Å². The number of aryl methyl sites for hydroxylation is 1. The van der Waals surface area contributed by atoms with Crippen LogP contribution < -0.4 is 10.5 Å². The van der Waals surface area contributed by atoms with Crippen molar-refractivity contribution >= 4 is 27.3 Å². The Hall–Kier alpha value is -0.910. The molecule has 0 saturated heterocycles. The molecule has 96 valence electrons. The summed E-state index contributed by atoms with van der Waals surface area (Å²) in [6, 6.07) is 5.85. The van der Waals surface area contributed by atoms with Gasteiger partial charge in [0.05, 0.1) is 10.7 Å². The SMILES string of the molecule is Cc1nc(COc2cc(Br)ccc2[C@@H](C)N)cs1. The molecule has 1 aromatic heterocycles. The standard InChI is InChI=1S/C13H15BrN2OS/c1-8(15)12-4-3-10(14)5-13(12)17-6-11-7-18-9(2)16-11/h3-5,7-8H,6,15H2,1-2H3/t8-/m1/s1. The van der Waals surface area contributed by atoms with E-state index in [1.54, 1.807) is 11.3 Å². The lowest BCUT2D eigenvalue weighted by Crippen LogP contribution is -2.08. The predicted octanol–water partition coefficient (Wildman–Crippen LogP) is 3.81. The molecule has 0 unspecified atom stereocenters.